The number of hydrogen-bond donors (Lipinski definition) is 0. The first-order chi connectivity index (χ1) is 31.5. The number of oxazole rings is 1. The number of benzene rings is 6. The summed E-state index contributed by atoms with van der Waals surface area (Å²) in [6, 6.07) is 51.1. The molecular weight excluding hydrogens is 804 g/mol. The summed E-state index contributed by atoms with van der Waals surface area (Å²) in [5.41, 5.74) is 14.7. The quantitative estimate of drug-likeness (QED) is 0.0900. The van der Waals surface area contributed by atoms with E-state index in [1.165, 1.54) is 5.59 Å². The minimum absolute atomic E-state index is 0.598. The molecule has 0 amide bonds. The molecule has 4 heterocycles. The van der Waals surface area contributed by atoms with Crippen LogP contribution in [0.3, 0.4) is 0 Å². The molecule has 4 aromatic heterocycles. The maximum absolute atomic E-state index is 6.17. The summed E-state index contributed by atoms with van der Waals surface area (Å²) < 4.78 is 9.58. The van der Waals surface area contributed by atoms with Crippen molar-refractivity contribution in [2.24, 2.45) is 0 Å². The Morgan fingerprint density at radius 1 is 0.625 bits per heavy atom. The molecule has 10 rings (SSSR count). The van der Waals surface area contributed by atoms with Crippen LogP contribution in [0.1, 0.15) is 22.4 Å². The Labute approximate surface area is 376 Å². The second-order valence-corrected chi connectivity index (χ2v) is 16.3. The lowest BCUT2D eigenvalue weighted by Gasteiger charge is -2.11. The zero-order valence-electron chi connectivity index (χ0n) is 35.4. The van der Waals surface area contributed by atoms with Crippen molar-refractivity contribution < 1.29 is 4.42 Å². The van der Waals surface area contributed by atoms with Crippen molar-refractivity contribution >= 4 is 63.3 Å². The lowest BCUT2D eigenvalue weighted by molar-refractivity contribution is 0.620. The van der Waals surface area contributed by atoms with Gasteiger partial charge in [0.2, 0.25) is 5.89 Å². The molecule has 0 radical (unpaired) electrons. The van der Waals surface area contributed by atoms with E-state index in [0.717, 1.165) is 95.1 Å². The van der Waals surface area contributed by atoms with Crippen molar-refractivity contribution in [3.8, 4) is 61.9 Å². The maximum atomic E-state index is 6.17. The predicted octanol–water partition coefficient (Wildman–Crippen LogP) is 13.1. The molecule has 0 fully saturated rings. The van der Waals surface area contributed by atoms with E-state index < -0.39 is 0 Å². The molecule has 0 unspecified atom stereocenters. The molecule has 0 aliphatic heterocycles. The molecule has 0 bridgehead atoms. The Kier molecular flexibility index (Phi) is 10.9. The van der Waals surface area contributed by atoms with E-state index >= 15 is 0 Å². The lowest BCUT2D eigenvalue weighted by Crippen LogP contribution is -2.24. The third-order valence-corrected chi connectivity index (χ3v) is 12.4. The second kappa shape index (κ2) is 17.4. The molecule has 6 aromatic carbocycles. The van der Waals surface area contributed by atoms with Crippen molar-refractivity contribution in [2.75, 3.05) is 0 Å². The molecule has 0 saturated heterocycles. The topological polar surface area (TPSA) is 82.5 Å². The summed E-state index contributed by atoms with van der Waals surface area (Å²) in [5, 5.41) is 0.924. The highest BCUT2D eigenvalue weighted by Gasteiger charge is 2.21. The van der Waals surface area contributed by atoms with Crippen LogP contribution in [0.5, 0.6) is 0 Å². The fourth-order valence-electron chi connectivity index (χ4n) is 8.16. The summed E-state index contributed by atoms with van der Waals surface area (Å²) in [6.45, 7) is 12.6. The van der Waals surface area contributed by atoms with E-state index in [1.54, 1.807) is 11.3 Å². The highest BCUT2D eigenvalue weighted by molar-refractivity contribution is 7.21. The minimum atomic E-state index is 0.598. The zero-order valence-corrected chi connectivity index (χ0v) is 36.3. The molecule has 10 aromatic rings. The molecule has 0 aliphatic rings. The average Bonchev–Trinajstić information content (AvgIpc) is 4.06. The lowest BCUT2D eigenvalue weighted by atomic mass is 9.74. The number of thiazole rings is 1. The fourth-order valence-corrected chi connectivity index (χ4v) is 9.10. The van der Waals surface area contributed by atoms with E-state index in [2.05, 4.69) is 98.2 Å². The van der Waals surface area contributed by atoms with Gasteiger partial charge in [0.05, 0.1) is 10.2 Å². The second-order valence-electron chi connectivity index (χ2n) is 15.3. The number of rotatable bonds is 12. The summed E-state index contributed by atoms with van der Waals surface area (Å²) in [5.74, 6) is 2.45. The minimum Gasteiger partial charge on any atom is -0.436 e. The van der Waals surface area contributed by atoms with Gasteiger partial charge >= 0.3 is 0 Å². The number of aromatic nitrogens is 6. The number of nitrogens with zero attached hydrogens (tertiary/aromatic N) is 6. The Morgan fingerprint density at radius 3 is 1.94 bits per heavy atom. The molecule has 0 spiro atoms. The van der Waals surface area contributed by atoms with Gasteiger partial charge in [-0.25, -0.2) is 24.9 Å². The molecule has 0 N–H and O–H groups in total. The van der Waals surface area contributed by atoms with E-state index in [-0.39, 0.29) is 0 Å². The molecule has 0 atom stereocenters. The average molecular weight is 845 g/mol. The molecule has 9 heteroatoms. The molecule has 0 saturated carbocycles. The number of hydrogen-bond acceptors (Lipinski definition) is 7. The SMILES string of the molecule is C=C/C=C\c1c(/C=C(\C=C)c2cccc(-c3nc4cc(-c5nc(-c6ccccc6)nc(-c6ccccc6)n5)ccc4s3)c2)c(BC)n(-c2ccc3oc(-c4ccccc4)nc3c2)c1C. The molecule has 64 heavy (non-hydrogen) atoms. The number of allylic oxidation sites excluding steroid dienone is 4. The first-order valence-corrected chi connectivity index (χ1v) is 22.0. The monoisotopic (exact) mass is 844 g/mol. The van der Waals surface area contributed by atoms with Crippen LogP contribution in [0.2, 0.25) is 6.82 Å². The third kappa shape index (κ3) is 7.74. The van der Waals surface area contributed by atoms with E-state index in [4.69, 9.17) is 29.3 Å². The van der Waals surface area contributed by atoms with E-state index in [9.17, 15) is 0 Å². The summed E-state index contributed by atoms with van der Waals surface area (Å²) in [6.07, 6.45) is 10.1. The zero-order chi connectivity index (χ0) is 43.6. The van der Waals surface area contributed by atoms with Crippen LogP contribution in [0.4, 0.5) is 0 Å². The highest BCUT2D eigenvalue weighted by atomic mass is 32.1. The van der Waals surface area contributed by atoms with Crippen molar-refractivity contribution in [1.29, 1.82) is 0 Å². The van der Waals surface area contributed by atoms with Gasteiger partial charge < -0.3 is 8.98 Å². The maximum Gasteiger partial charge on any atom is 0.227 e. The normalized spacial score (nSPS) is 11.8. The van der Waals surface area contributed by atoms with Crippen molar-refractivity contribution in [2.45, 2.75) is 13.7 Å². The first kappa shape index (κ1) is 40.1. The van der Waals surface area contributed by atoms with Crippen LogP contribution in [-0.4, -0.2) is 36.8 Å². The largest absolute Gasteiger partial charge is 0.436 e. The first-order valence-electron chi connectivity index (χ1n) is 21.2. The van der Waals surface area contributed by atoms with Crippen LogP contribution in [0, 0.1) is 6.92 Å². The molecule has 306 valence electrons. The molecule has 0 aliphatic carbocycles. The number of fused-ring (bicyclic) bond motifs is 2. The summed E-state index contributed by atoms with van der Waals surface area (Å²) in [4.78, 5) is 24.8. The van der Waals surface area contributed by atoms with Crippen LogP contribution in [0.25, 0.3) is 101 Å². The van der Waals surface area contributed by atoms with Crippen molar-refractivity contribution in [1.82, 2.24) is 29.5 Å². The van der Waals surface area contributed by atoms with Crippen molar-refractivity contribution in [3.05, 3.63) is 205 Å². The van der Waals surface area contributed by atoms with Gasteiger partial charge in [0, 0.05) is 44.8 Å². The Balaban J connectivity index is 1.01. The van der Waals surface area contributed by atoms with Gasteiger partial charge in [0.15, 0.2) is 30.3 Å². The molecular formula is C55H41BN6OS. The van der Waals surface area contributed by atoms with Crippen LogP contribution < -0.4 is 5.59 Å². The van der Waals surface area contributed by atoms with Gasteiger partial charge in [-0.2, -0.15) is 0 Å². The summed E-state index contributed by atoms with van der Waals surface area (Å²) >= 11 is 1.66. The Hall–Kier alpha value is -8.01. The van der Waals surface area contributed by atoms with Crippen LogP contribution in [-0.2, 0) is 0 Å². The Bertz CT molecular complexity index is 3360. The van der Waals surface area contributed by atoms with Gasteiger partial charge in [-0.15, -0.1) is 11.3 Å². The van der Waals surface area contributed by atoms with Gasteiger partial charge in [-0.3, -0.25) is 0 Å². The smallest absolute Gasteiger partial charge is 0.227 e. The van der Waals surface area contributed by atoms with Gasteiger partial charge in [-0.1, -0.05) is 141 Å². The van der Waals surface area contributed by atoms with Gasteiger partial charge in [0.1, 0.15) is 10.5 Å². The van der Waals surface area contributed by atoms with Crippen molar-refractivity contribution in [3.63, 3.8) is 0 Å². The van der Waals surface area contributed by atoms with Crippen LogP contribution >= 0.6 is 11.3 Å². The van der Waals surface area contributed by atoms with E-state index in [1.807, 2.05) is 115 Å². The highest BCUT2D eigenvalue weighted by Crippen LogP contribution is 2.36. The molecule has 7 nitrogen and oxygen atoms in total. The summed E-state index contributed by atoms with van der Waals surface area (Å²) in [7, 11) is 0.796. The van der Waals surface area contributed by atoms with Crippen LogP contribution in [0.15, 0.2) is 187 Å². The fraction of sp³-hybridized carbons (Fsp3) is 0.0364. The van der Waals surface area contributed by atoms with Gasteiger partial charge in [-0.05, 0) is 89.9 Å². The van der Waals surface area contributed by atoms with Gasteiger partial charge in [0.25, 0.3) is 0 Å². The third-order valence-electron chi connectivity index (χ3n) is 11.3. The van der Waals surface area contributed by atoms with E-state index in [0.29, 0.717) is 23.4 Å². The standard InChI is InChI=1S/C55H41BN6OS/c1-5-7-26-44-35(3)62(43-28-29-48-46(34-43)57-54(63-48)39-22-15-10-16-23-39)50(56-4)45(44)32-36(6-2)40-24-17-25-42(31-40)55-58-47-33-41(27-30-49(47)64-55)53-60-51(37-18-11-8-12-19-37)59-52(61-53)38-20-13-9-14-21-38/h5-34,56H,1-2H2,3-4H3/b26-7-,36-32+. The predicted molar refractivity (Wildman–Crippen MR) is 268 cm³/mol. The Morgan fingerprint density at radius 2 is 1.28 bits per heavy atom.